The number of H-pyrrole nitrogens is 2. The van der Waals surface area contributed by atoms with Crippen LogP contribution in [0.25, 0.3) is 33.6 Å². The summed E-state index contributed by atoms with van der Waals surface area (Å²) in [6.07, 6.45) is 6.12. The summed E-state index contributed by atoms with van der Waals surface area (Å²) in [5.74, 6) is 2.62. The van der Waals surface area contributed by atoms with Crippen LogP contribution in [0, 0.1) is 23.7 Å². The maximum atomic E-state index is 14.3. The molecule has 0 unspecified atom stereocenters. The molecule has 4 aromatic rings. The number of hydrogen-bond donors (Lipinski definition) is 4. The van der Waals surface area contributed by atoms with E-state index in [1.807, 2.05) is 61.8 Å². The van der Waals surface area contributed by atoms with Gasteiger partial charge in [-0.05, 0) is 86.5 Å². The first-order chi connectivity index (χ1) is 31.7. The largest absolute Gasteiger partial charge is 0.488 e. The summed E-state index contributed by atoms with van der Waals surface area (Å²) in [5.41, 5.74) is 6.56. The Labute approximate surface area is 393 Å². The SMILES string of the molecule is COC(=O)N[C@H](C(=O)N1[C@H](c2nc(Cl)c(-c3cc4c5c(c3)OCc3cc(-c6[nH]c([C@@H]7C[C@@H]8CCC[C@@H]8N7C(=O)[C@@H](NC(=O)OC)C(C)C)nc6Cl)cc(c3-5)OC4)[nH]2)C[C@@H]2CCC[C@@H]21)C(C)C. The Kier molecular flexibility index (Phi) is 11.6. The van der Waals surface area contributed by atoms with Crippen molar-refractivity contribution in [1.29, 1.82) is 0 Å². The van der Waals surface area contributed by atoms with Gasteiger partial charge in [0, 0.05) is 45.5 Å². The van der Waals surface area contributed by atoms with Crippen LogP contribution in [-0.2, 0) is 32.3 Å². The van der Waals surface area contributed by atoms with Gasteiger partial charge in [0.25, 0.3) is 0 Å². The molecular formula is C48H56Cl2N8O8. The molecule has 18 heteroatoms. The Bertz CT molecular complexity index is 2390. The van der Waals surface area contributed by atoms with Gasteiger partial charge >= 0.3 is 12.2 Å². The van der Waals surface area contributed by atoms with Crippen LogP contribution >= 0.6 is 23.2 Å². The highest BCUT2D eigenvalue weighted by Crippen LogP contribution is 2.53. The molecule has 2 aromatic heterocycles. The Hall–Kier alpha value is -5.48. The number of nitrogens with one attached hydrogen (secondary N) is 4. The molecule has 4 fully saturated rings. The van der Waals surface area contributed by atoms with Crippen LogP contribution in [0.4, 0.5) is 9.59 Å². The summed E-state index contributed by atoms with van der Waals surface area (Å²) in [5, 5.41) is 6.11. The van der Waals surface area contributed by atoms with Crippen LogP contribution < -0.4 is 20.1 Å². The van der Waals surface area contributed by atoms with Gasteiger partial charge in [0.05, 0.1) is 37.7 Å². The van der Waals surface area contributed by atoms with E-state index in [9.17, 15) is 19.2 Å². The summed E-state index contributed by atoms with van der Waals surface area (Å²) in [7, 11) is 2.59. The van der Waals surface area contributed by atoms with Crippen molar-refractivity contribution in [3.63, 3.8) is 0 Å². The highest BCUT2D eigenvalue weighted by atomic mass is 35.5. The van der Waals surface area contributed by atoms with Crippen LogP contribution in [0.5, 0.6) is 11.5 Å². The zero-order valence-electron chi connectivity index (χ0n) is 38.0. The lowest BCUT2D eigenvalue weighted by Crippen LogP contribution is -2.53. The van der Waals surface area contributed by atoms with Gasteiger partial charge in [-0.15, -0.1) is 0 Å². The van der Waals surface area contributed by atoms with E-state index in [0.29, 0.717) is 46.4 Å². The van der Waals surface area contributed by atoms with Crippen LogP contribution in [0.15, 0.2) is 24.3 Å². The molecule has 0 radical (unpaired) electrons. The third-order valence-corrected chi connectivity index (χ3v) is 15.5. The van der Waals surface area contributed by atoms with Crippen LogP contribution in [0.3, 0.4) is 0 Å². The van der Waals surface area contributed by atoms with Gasteiger partial charge in [-0.2, -0.15) is 0 Å². The number of fused-ring (bicyclic) bond motifs is 2. The smallest absolute Gasteiger partial charge is 0.407 e. The Morgan fingerprint density at radius 3 is 1.45 bits per heavy atom. The quantitative estimate of drug-likeness (QED) is 0.119. The van der Waals surface area contributed by atoms with Crippen LogP contribution in [0.1, 0.15) is 114 Å². The van der Waals surface area contributed by atoms with E-state index in [2.05, 4.69) is 20.6 Å². The molecule has 0 bridgehead atoms. The fourth-order valence-electron chi connectivity index (χ4n) is 11.8. The summed E-state index contributed by atoms with van der Waals surface area (Å²) in [4.78, 5) is 73.8. The number of likely N-dealkylation sites (tertiary alicyclic amines) is 2. The third kappa shape index (κ3) is 7.51. The molecule has 6 heterocycles. The molecule has 4 N–H and O–H groups in total. The van der Waals surface area contributed by atoms with Crippen LogP contribution in [-0.4, -0.2) is 92.1 Å². The van der Waals surface area contributed by atoms with E-state index in [-0.39, 0.29) is 71.3 Å². The first kappa shape index (κ1) is 44.4. The Morgan fingerprint density at radius 1 is 0.667 bits per heavy atom. The molecule has 2 saturated heterocycles. The second-order valence-electron chi connectivity index (χ2n) is 19.4. The number of carbonyl (C=O) groups excluding carboxylic acids is 4. The number of halogens is 2. The molecule has 10 rings (SSSR count). The van der Waals surface area contributed by atoms with Crippen molar-refractivity contribution in [3.05, 3.63) is 57.3 Å². The zero-order valence-corrected chi connectivity index (χ0v) is 39.5. The second-order valence-corrected chi connectivity index (χ2v) is 20.1. The number of carbonyl (C=O) groups is 4. The number of benzene rings is 2. The van der Waals surface area contributed by atoms with Gasteiger partial charge in [-0.3, -0.25) is 9.59 Å². The second kappa shape index (κ2) is 17.3. The lowest BCUT2D eigenvalue weighted by atomic mass is 9.87. The van der Waals surface area contributed by atoms with Crippen molar-refractivity contribution in [1.82, 2.24) is 40.4 Å². The van der Waals surface area contributed by atoms with Crippen LogP contribution in [0.2, 0.25) is 10.3 Å². The molecule has 2 aromatic carbocycles. The molecule has 66 heavy (non-hydrogen) atoms. The topological polar surface area (TPSA) is 193 Å². The highest BCUT2D eigenvalue weighted by Gasteiger charge is 2.51. The number of amides is 4. The highest BCUT2D eigenvalue weighted by molar-refractivity contribution is 6.32. The van der Waals surface area contributed by atoms with Crippen molar-refractivity contribution >= 4 is 47.2 Å². The van der Waals surface area contributed by atoms with Gasteiger partial charge in [-0.1, -0.05) is 63.7 Å². The number of methoxy groups -OCH3 is 2. The fraction of sp³-hybridized carbons (Fsp3) is 0.542. The zero-order chi connectivity index (χ0) is 46.3. The number of hydrogen-bond acceptors (Lipinski definition) is 10. The minimum Gasteiger partial charge on any atom is -0.488 e. The number of alkyl carbamates (subject to hydrolysis) is 2. The van der Waals surface area contributed by atoms with Crippen molar-refractivity contribution in [2.75, 3.05) is 14.2 Å². The number of nitrogens with zero attached hydrogens (tertiary/aromatic N) is 4. The average Bonchev–Trinajstić information content (AvgIpc) is 4.16. The minimum absolute atomic E-state index is 0.0456. The van der Waals surface area contributed by atoms with E-state index in [0.717, 1.165) is 84.7 Å². The molecule has 2 aliphatic carbocycles. The summed E-state index contributed by atoms with van der Waals surface area (Å²) in [6, 6.07) is 5.94. The first-order valence-electron chi connectivity index (χ1n) is 23.2. The van der Waals surface area contributed by atoms with E-state index in [1.165, 1.54) is 14.2 Å². The van der Waals surface area contributed by atoms with E-state index >= 15 is 0 Å². The fourth-order valence-corrected chi connectivity index (χ4v) is 12.3. The number of imidazole rings is 2. The van der Waals surface area contributed by atoms with Crippen molar-refractivity contribution in [2.45, 2.75) is 129 Å². The number of ether oxygens (including phenoxy) is 4. The maximum Gasteiger partial charge on any atom is 0.407 e. The van der Waals surface area contributed by atoms with Crippen molar-refractivity contribution < 1.29 is 38.1 Å². The van der Waals surface area contributed by atoms with Crippen molar-refractivity contribution in [3.8, 4) is 45.1 Å². The first-order valence-corrected chi connectivity index (χ1v) is 23.9. The number of rotatable bonds is 10. The Morgan fingerprint density at radius 2 is 1.08 bits per heavy atom. The molecule has 350 valence electrons. The van der Waals surface area contributed by atoms with Gasteiger partial charge in [0.15, 0.2) is 10.3 Å². The average molecular weight is 944 g/mol. The number of aromatic nitrogens is 4. The van der Waals surface area contributed by atoms with E-state index in [1.54, 1.807) is 0 Å². The summed E-state index contributed by atoms with van der Waals surface area (Å²) >= 11 is 13.9. The monoisotopic (exact) mass is 942 g/mol. The minimum atomic E-state index is -0.755. The molecular weight excluding hydrogens is 887 g/mol. The molecule has 0 spiro atoms. The maximum absolute atomic E-state index is 14.3. The van der Waals surface area contributed by atoms with Gasteiger partial charge in [0.1, 0.15) is 48.4 Å². The van der Waals surface area contributed by atoms with E-state index < -0.39 is 24.3 Å². The molecule has 4 aliphatic heterocycles. The predicted molar refractivity (Wildman–Crippen MR) is 245 cm³/mol. The lowest BCUT2D eigenvalue weighted by Gasteiger charge is -2.34. The molecule has 16 nitrogen and oxygen atoms in total. The summed E-state index contributed by atoms with van der Waals surface area (Å²) < 4.78 is 22.8. The molecule has 6 aliphatic rings. The third-order valence-electron chi connectivity index (χ3n) is 14.9. The molecule has 8 atom stereocenters. The van der Waals surface area contributed by atoms with Gasteiger partial charge in [0.2, 0.25) is 11.8 Å². The van der Waals surface area contributed by atoms with Crippen molar-refractivity contribution in [2.24, 2.45) is 23.7 Å². The van der Waals surface area contributed by atoms with Gasteiger partial charge < -0.3 is 49.3 Å². The normalized spacial score (nSPS) is 24.3. The standard InChI is InChI=1S/C48H56Cl2N8O8/c1-21(2)37(53-47(61)63-5)45(59)57-29-11-7-9-23(29)15-31(57)43-51-39(41(49)55-43)25-13-27-19-66-34-18-26(14-28-20-65-33(17-25)35(27)36(28)34)40-42(50)56-44(52-40)32-16-24-10-8-12-30(24)58(32)46(60)38(22(3)4)54-48(62)64-6/h13-14,17-18,21-24,29-32,37-38H,7-12,15-16,19-20H2,1-6H3,(H,51,55)(H,52,56)(H,53,61)(H,54,62)/t23-,24-,29-,30-,31-,32-,37-,38-/m0/s1. The molecule has 4 amide bonds. The van der Waals surface area contributed by atoms with E-state index in [4.69, 9.17) is 52.1 Å². The molecule has 2 saturated carbocycles. The number of aromatic amines is 2. The lowest BCUT2D eigenvalue weighted by molar-refractivity contribution is -0.138. The van der Waals surface area contributed by atoms with Gasteiger partial charge in [-0.25, -0.2) is 19.6 Å². The Balaban J connectivity index is 0.931. The summed E-state index contributed by atoms with van der Waals surface area (Å²) in [6.45, 7) is 8.19. The predicted octanol–water partition coefficient (Wildman–Crippen LogP) is 8.87.